The van der Waals surface area contributed by atoms with E-state index in [1.54, 1.807) is 48.5 Å². The lowest BCUT2D eigenvalue weighted by atomic mass is 10.1. The van der Waals surface area contributed by atoms with Gasteiger partial charge in [0.05, 0.1) is 12.8 Å². The lowest BCUT2D eigenvalue weighted by Gasteiger charge is -2.15. The molecule has 8 heteroatoms. The van der Waals surface area contributed by atoms with E-state index in [1.165, 1.54) is 7.11 Å². The van der Waals surface area contributed by atoms with Crippen LogP contribution in [-0.2, 0) is 9.59 Å². The largest absolute Gasteiger partial charge is 0.497 e. The van der Waals surface area contributed by atoms with Gasteiger partial charge in [-0.25, -0.2) is 4.90 Å². The molecule has 1 aliphatic heterocycles. The normalized spacial score (nSPS) is 13.4. The number of para-hydroxylation sites is 1. The predicted octanol–water partition coefficient (Wildman–Crippen LogP) is 4.69. The number of methoxy groups -OCH3 is 1. The van der Waals surface area contributed by atoms with Crippen molar-refractivity contribution in [1.29, 1.82) is 0 Å². The standard InChI is InChI=1S/C25H20ClN3O4/c1-15-5-3-4-6-20(15)28-23(30)16-7-9-17(10-8-16)27-22-21(26)24(31)29(25(22)32)18-11-13-19(33-2)14-12-18/h3-14,27H,1-2H3,(H,28,30). The van der Waals surface area contributed by atoms with Crippen molar-refractivity contribution in [2.24, 2.45) is 0 Å². The second-order valence-electron chi connectivity index (χ2n) is 7.30. The number of hydrogen-bond acceptors (Lipinski definition) is 5. The molecular weight excluding hydrogens is 442 g/mol. The van der Waals surface area contributed by atoms with Crippen LogP contribution in [0.3, 0.4) is 0 Å². The zero-order valence-electron chi connectivity index (χ0n) is 17.9. The molecule has 0 unspecified atom stereocenters. The number of aryl methyl sites for hydroxylation is 1. The Morgan fingerprint density at radius 1 is 0.909 bits per heavy atom. The Labute approximate surface area is 195 Å². The Morgan fingerprint density at radius 2 is 1.58 bits per heavy atom. The first-order valence-electron chi connectivity index (χ1n) is 10.1. The molecule has 3 aromatic rings. The number of benzene rings is 3. The average molecular weight is 462 g/mol. The minimum absolute atomic E-state index is 0.0328. The summed E-state index contributed by atoms with van der Waals surface area (Å²) in [6.07, 6.45) is 0. The molecule has 0 atom stereocenters. The summed E-state index contributed by atoms with van der Waals surface area (Å²) in [4.78, 5) is 39.0. The number of carbonyl (C=O) groups is 3. The SMILES string of the molecule is COc1ccc(N2C(=O)C(Cl)=C(Nc3ccc(C(=O)Nc4ccccc4C)cc3)C2=O)cc1. The highest BCUT2D eigenvalue weighted by Gasteiger charge is 2.38. The number of imide groups is 1. The maximum Gasteiger partial charge on any atom is 0.283 e. The summed E-state index contributed by atoms with van der Waals surface area (Å²) in [5.41, 5.74) is 2.98. The maximum absolute atomic E-state index is 12.9. The highest BCUT2D eigenvalue weighted by Crippen LogP contribution is 2.31. The number of anilines is 3. The highest BCUT2D eigenvalue weighted by atomic mass is 35.5. The van der Waals surface area contributed by atoms with Crippen LogP contribution in [0.4, 0.5) is 17.1 Å². The van der Waals surface area contributed by atoms with Crippen molar-refractivity contribution in [3.05, 3.63) is 94.7 Å². The molecule has 1 heterocycles. The van der Waals surface area contributed by atoms with Gasteiger partial charge in [0, 0.05) is 16.9 Å². The van der Waals surface area contributed by atoms with Gasteiger partial charge in [-0.2, -0.15) is 0 Å². The predicted molar refractivity (Wildman–Crippen MR) is 128 cm³/mol. The summed E-state index contributed by atoms with van der Waals surface area (Å²) in [6, 6.07) is 20.5. The molecule has 0 fully saturated rings. The third-order valence-electron chi connectivity index (χ3n) is 5.17. The first-order valence-corrected chi connectivity index (χ1v) is 10.4. The van der Waals surface area contributed by atoms with Gasteiger partial charge in [0.25, 0.3) is 17.7 Å². The van der Waals surface area contributed by atoms with Gasteiger partial charge < -0.3 is 15.4 Å². The number of nitrogens with zero attached hydrogens (tertiary/aromatic N) is 1. The van der Waals surface area contributed by atoms with E-state index >= 15 is 0 Å². The first-order chi connectivity index (χ1) is 15.9. The van der Waals surface area contributed by atoms with Gasteiger partial charge >= 0.3 is 0 Å². The van der Waals surface area contributed by atoms with E-state index in [0.29, 0.717) is 22.7 Å². The van der Waals surface area contributed by atoms with Crippen molar-refractivity contribution in [3.8, 4) is 5.75 Å². The van der Waals surface area contributed by atoms with Crippen LogP contribution < -0.4 is 20.3 Å². The monoisotopic (exact) mass is 461 g/mol. The number of rotatable bonds is 6. The quantitative estimate of drug-likeness (QED) is 0.520. The summed E-state index contributed by atoms with van der Waals surface area (Å²) < 4.78 is 5.11. The fourth-order valence-corrected chi connectivity index (χ4v) is 3.55. The number of amides is 3. The molecule has 3 aromatic carbocycles. The van der Waals surface area contributed by atoms with Crippen LogP contribution in [0.2, 0.25) is 0 Å². The molecular formula is C25H20ClN3O4. The highest BCUT2D eigenvalue weighted by molar-refractivity contribution is 6.53. The van der Waals surface area contributed by atoms with Crippen molar-refractivity contribution in [2.45, 2.75) is 6.92 Å². The van der Waals surface area contributed by atoms with E-state index in [2.05, 4.69) is 10.6 Å². The number of halogens is 1. The van der Waals surface area contributed by atoms with E-state index in [0.717, 1.165) is 16.2 Å². The first kappa shape index (κ1) is 22.1. The number of nitrogens with one attached hydrogen (secondary N) is 2. The molecule has 33 heavy (non-hydrogen) atoms. The van der Waals surface area contributed by atoms with Crippen LogP contribution >= 0.6 is 11.6 Å². The third kappa shape index (κ3) is 4.44. The van der Waals surface area contributed by atoms with E-state index in [9.17, 15) is 14.4 Å². The molecule has 2 N–H and O–H groups in total. The lowest BCUT2D eigenvalue weighted by Crippen LogP contribution is -2.32. The topological polar surface area (TPSA) is 87.7 Å². The molecule has 166 valence electrons. The van der Waals surface area contributed by atoms with E-state index in [-0.39, 0.29) is 16.6 Å². The molecule has 0 saturated heterocycles. The Morgan fingerprint density at radius 3 is 2.21 bits per heavy atom. The van der Waals surface area contributed by atoms with Gasteiger partial charge in [0.2, 0.25) is 0 Å². The minimum Gasteiger partial charge on any atom is -0.497 e. The van der Waals surface area contributed by atoms with Crippen LogP contribution in [0.5, 0.6) is 5.75 Å². The molecule has 0 aromatic heterocycles. The zero-order chi connectivity index (χ0) is 23.5. The lowest BCUT2D eigenvalue weighted by molar-refractivity contribution is -0.120. The van der Waals surface area contributed by atoms with Crippen LogP contribution in [0.15, 0.2) is 83.5 Å². The minimum atomic E-state index is -0.622. The van der Waals surface area contributed by atoms with Gasteiger partial charge in [0.15, 0.2) is 0 Å². The summed E-state index contributed by atoms with van der Waals surface area (Å²) in [5.74, 6) is -0.854. The molecule has 7 nitrogen and oxygen atoms in total. The summed E-state index contributed by atoms with van der Waals surface area (Å²) in [5, 5.41) is 5.55. The van der Waals surface area contributed by atoms with Crippen molar-refractivity contribution in [1.82, 2.24) is 0 Å². The molecule has 0 radical (unpaired) electrons. The fraction of sp³-hybridized carbons (Fsp3) is 0.0800. The van der Waals surface area contributed by atoms with Crippen LogP contribution in [0.25, 0.3) is 0 Å². The van der Waals surface area contributed by atoms with Gasteiger partial charge in [-0.05, 0) is 67.1 Å². The Balaban J connectivity index is 1.48. The molecule has 0 bridgehead atoms. The van der Waals surface area contributed by atoms with Crippen molar-refractivity contribution in [2.75, 3.05) is 22.6 Å². The van der Waals surface area contributed by atoms with Gasteiger partial charge in [-0.3, -0.25) is 14.4 Å². The zero-order valence-corrected chi connectivity index (χ0v) is 18.6. The van der Waals surface area contributed by atoms with Crippen molar-refractivity contribution in [3.63, 3.8) is 0 Å². The number of carbonyl (C=O) groups excluding carboxylic acids is 3. The Hall–Kier alpha value is -4.10. The van der Waals surface area contributed by atoms with Gasteiger partial charge in [-0.1, -0.05) is 29.8 Å². The van der Waals surface area contributed by atoms with E-state index in [1.807, 2.05) is 31.2 Å². The van der Waals surface area contributed by atoms with Crippen molar-refractivity contribution >= 4 is 46.4 Å². The maximum atomic E-state index is 12.9. The number of hydrogen-bond donors (Lipinski definition) is 2. The summed E-state index contributed by atoms with van der Waals surface area (Å²) in [7, 11) is 1.53. The Bertz CT molecular complexity index is 1270. The second-order valence-corrected chi connectivity index (χ2v) is 7.68. The van der Waals surface area contributed by atoms with E-state index < -0.39 is 11.8 Å². The van der Waals surface area contributed by atoms with Crippen molar-refractivity contribution < 1.29 is 19.1 Å². The van der Waals surface area contributed by atoms with Gasteiger partial charge in [0.1, 0.15) is 16.5 Å². The number of ether oxygens (including phenoxy) is 1. The third-order valence-corrected chi connectivity index (χ3v) is 5.52. The molecule has 3 amide bonds. The van der Waals surface area contributed by atoms with E-state index in [4.69, 9.17) is 16.3 Å². The second kappa shape index (κ2) is 9.18. The van der Waals surface area contributed by atoms with Gasteiger partial charge in [-0.15, -0.1) is 0 Å². The Kier molecular flexibility index (Phi) is 6.15. The molecule has 0 spiro atoms. The molecule has 0 saturated carbocycles. The van der Waals surface area contributed by atoms with Crippen LogP contribution in [0.1, 0.15) is 15.9 Å². The van der Waals surface area contributed by atoms with Crippen LogP contribution in [-0.4, -0.2) is 24.8 Å². The van der Waals surface area contributed by atoms with Crippen LogP contribution in [0, 0.1) is 6.92 Å². The summed E-state index contributed by atoms with van der Waals surface area (Å²) >= 11 is 6.18. The molecule has 1 aliphatic rings. The fourth-order valence-electron chi connectivity index (χ4n) is 3.33. The summed E-state index contributed by atoms with van der Waals surface area (Å²) in [6.45, 7) is 1.91. The molecule has 0 aliphatic carbocycles. The molecule has 4 rings (SSSR count). The smallest absolute Gasteiger partial charge is 0.283 e. The average Bonchev–Trinajstić information content (AvgIpc) is 3.04.